The molecule has 3 aromatic rings. The van der Waals surface area contributed by atoms with Crippen molar-refractivity contribution in [1.82, 2.24) is 9.29 Å². The third-order valence-electron chi connectivity index (χ3n) is 5.92. The summed E-state index contributed by atoms with van der Waals surface area (Å²) in [4.78, 5) is 0. The van der Waals surface area contributed by atoms with Crippen molar-refractivity contribution in [2.45, 2.75) is 64.8 Å². The van der Waals surface area contributed by atoms with E-state index >= 15 is 4.39 Å². The first-order chi connectivity index (χ1) is 15.4. The summed E-state index contributed by atoms with van der Waals surface area (Å²) in [6.45, 7) is 8.44. The Bertz CT molecular complexity index is 1290. The largest absolute Gasteiger partial charge is 0.347 e. The van der Waals surface area contributed by atoms with Crippen molar-refractivity contribution in [2.75, 3.05) is 0 Å². The van der Waals surface area contributed by atoms with E-state index in [0.717, 1.165) is 11.1 Å². The number of benzene rings is 2. The maximum absolute atomic E-state index is 15.3. The molecular weight excluding hydrogens is 449 g/mol. The van der Waals surface area contributed by atoms with Gasteiger partial charge in [-0.15, -0.1) is 0 Å². The Kier molecular flexibility index (Phi) is 6.12. The number of halogens is 3. The third kappa shape index (κ3) is 4.96. The molecule has 0 radical (unpaired) electrons. The van der Waals surface area contributed by atoms with E-state index in [2.05, 4.69) is 4.72 Å². The van der Waals surface area contributed by atoms with Crippen molar-refractivity contribution in [3.8, 4) is 11.1 Å². The fourth-order valence-corrected chi connectivity index (χ4v) is 5.74. The Hall–Kier alpha value is -2.32. The Morgan fingerprint density at radius 3 is 2.36 bits per heavy atom. The number of alkyl halides is 2. The standard InChI is InChI=1S/C25H29F3N2O2S/c1-15-7-5-6-8-17(15)18-12-22-19(11-21(18)26)20(13-30(22)14-25(2,3)4)23(24(27)28)29-33(31,32)16-9-10-16/h5-8,11-13,16,23-24,29H,9-10,14H2,1-4H3/t23-/m0/s1. The molecule has 1 N–H and O–H groups in total. The maximum Gasteiger partial charge on any atom is 0.258 e. The minimum atomic E-state index is -3.87. The van der Waals surface area contributed by atoms with Crippen LogP contribution in [0.1, 0.15) is 50.8 Å². The summed E-state index contributed by atoms with van der Waals surface area (Å²) >= 11 is 0. The lowest BCUT2D eigenvalue weighted by Crippen LogP contribution is -2.35. The smallest absolute Gasteiger partial charge is 0.258 e. The van der Waals surface area contributed by atoms with Crippen LogP contribution < -0.4 is 4.72 Å². The van der Waals surface area contributed by atoms with Gasteiger partial charge in [0.1, 0.15) is 11.9 Å². The number of fused-ring (bicyclic) bond motifs is 1. The molecule has 1 aromatic heterocycles. The van der Waals surface area contributed by atoms with Crippen molar-refractivity contribution < 1.29 is 21.6 Å². The van der Waals surface area contributed by atoms with Gasteiger partial charge in [0.05, 0.1) is 5.25 Å². The van der Waals surface area contributed by atoms with Crippen LogP contribution in [0.15, 0.2) is 42.6 Å². The van der Waals surface area contributed by atoms with Gasteiger partial charge in [0.2, 0.25) is 10.0 Å². The molecular formula is C25H29F3N2O2S. The fraction of sp³-hybridized carbons (Fsp3) is 0.440. The average Bonchev–Trinajstić information content (AvgIpc) is 3.51. The van der Waals surface area contributed by atoms with Crippen molar-refractivity contribution in [1.29, 1.82) is 0 Å². The van der Waals surface area contributed by atoms with E-state index in [9.17, 15) is 17.2 Å². The molecule has 1 atom stereocenters. The number of nitrogens with zero attached hydrogens (tertiary/aromatic N) is 1. The molecule has 33 heavy (non-hydrogen) atoms. The van der Waals surface area contributed by atoms with Gasteiger partial charge in [-0.1, -0.05) is 45.0 Å². The maximum atomic E-state index is 15.3. The molecule has 4 rings (SSSR count). The first-order valence-corrected chi connectivity index (χ1v) is 12.6. The summed E-state index contributed by atoms with van der Waals surface area (Å²) in [6.07, 6.45) is -0.508. The van der Waals surface area contributed by atoms with Crippen LogP contribution >= 0.6 is 0 Å². The number of hydrogen-bond donors (Lipinski definition) is 1. The number of aromatic nitrogens is 1. The predicted molar refractivity (Wildman–Crippen MR) is 125 cm³/mol. The highest BCUT2D eigenvalue weighted by Gasteiger charge is 2.40. The summed E-state index contributed by atoms with van der Waals surface area (Å²) in [7, 11) is -3.87. The van der Waals surface area contributed by atoms with Gasteiger partial charge >= 0.3 is 0 Å². The Balaban J connectivity index is 1.91. The fourth-order valence-electron chi connectivity index (χ4n) is 4.21. The van der Waals surface area contributed by atoms with Crippen LogP contribution in [0.2, 0.25) is 0 Å². The SMILES string of the molecule is Cc1ccccc1-c1cc2c(cc1F)c([C@H](NS(=O)(=O)C1CC1)C(F)F)cn2CC(C)(C)C. The second-order valence-corrected chi connectivity index (χ2v) is 12.1. The van der Waals surface area contributed by atoms with Gasteiger partial charge in [0.25, 0.3) is 6.43 Å². The van der Waals surface area contributed by atoms with E-state index in [1.54, 1.807) is 12.3 Å². The van der Waals surface area contributed by atoms with Crippen molar-refractivity contribution in [3.05, 3.63) is 59.5 Å². The normalized spacial score (nSPS) is 16.0. The zero-order valence-electron chi connectivity index (χ0n) is 19.2. The zero-order chi connectivity index (χ0) is 24.1. The van der Waals surface area contributed by atoms with Gasteiger partial charge in [0.15, 0.2) is 0 Å². The van der Waals surface area contributed by atoms with Crippen LogP contribution in [0, 0.1) is 18.2 Å². The van der Waals surface area contributed by atoms with Gasteiger partial charge < -0.3 is 4.57 Å². The van der Waals surface area contributed by atoms with Crippen LogP contribution in [0.3, 0.4) is 0 Å². The molecule has 1 aliphatic carbocycles. The van der Waals surface area contributed by atoms with E-state index in [4.69, 9.17) is 0 Å². The van der Waals surface area contributed by atoms with Gasteiger partial charge in [-0.2, -0.15) is 0 Å². The number of aryl methyl sites for hydroxylation is 1. The molecule has 8 heteroatoms. The van der Waals surface area contributed by atoms with Gasteiger partial charge in [-0.25, -0.2) is 26.3 Å². The van der Waals surface area contributed by atoms with Gasteiger partial charge in [0, 0.05) is 34.8 Å². The van der Waals surface area contributed by atoms with E-state index in [1.165, 1.54) is 6.07 Å². The third-order valence-corrected chi connectivity index (χ3v) is 7.85. The molecule has 1 saturated carbocycles. The molecule has 0 amide bonds. The monoisotopic (exact) mass is 478 g/mol. The molecule has 4 nitrogen and oxygen atoms in total. The predicted octanol–water partition coefficient (Wildman–Crippen LogP) is 6.19. The van der Waals surface area contributed by atoms with Crippen LogP contribution in [-0.4, -0.2) is 24.7 Å². The highest BCUT2D eigenvalue weighted by molar-refractivity contribution is 7.90. The van der Waals surface area contributed by atoms with Gasteiger partial charge in [-0.05, 0) is 48.4 Å². The number of sulfonamides is 1. The Morgan fingerprint density at radius 1 is 1.12 bits per heavy atom. The lowest BCUT2D eigenvalue weighted by molar-refractivity contribution is 0.109. The summed E-state index contributed by atoms with van der Waals surface area (Å²) in [5, 5.41) is -0.344. The minimum Gasteiger partial charge on any atom is -0.347 e. The molecule has 178 valence electrons. The molecule has 2 aromatic carbocycles. The summed E-state index contributed by atoms with van der Waals surface area (Å²) in [5.74, 6) is -0.537. The highest BCUT2D eigenvalue weighted by atomic mass is 32.2. The molecule has 1 aliphatic rings. The highest BCUT2D eigenvalue weighted by Crippen LogP contribution is 2.38. The van der Waals surface area contributed by atoms with Crippen LogP contribution in [0.5, 0.6) is 0 Å². The topological polar surface area (TPSA) is 51.1 Å². The van der Waals surface area contributed by atoms with Crippen molar-refractivity contribution in [3.63, 3.8) is 0 Å². The molecule has 0 aliphatic heterocycles. The molecule has 0 spiro atoms. The Morgan fingerprint density at radius 2 is 1.79 bits per heavy atom. The van der Waals surface area contributed by atoms with Crippen LogP contribution in [0.25, 0.3) is 22.0 Å². The molecule has 0 unspecified atom stereocenters. The zero-order valence-corrected chi connectivity index (χ0v) is 20.0. The molecule has 1 heterocycles. The quantitative estimate of drug-likeness (QED) is 0.440. The minimum absolute atomic E-state index is 0.0868. The first-order valence-electron chi connectivity index (χ1n) is 11.0. The lowest BCUT2D eigenvalue weighted by Gasteiger charge is -2.20. The van der Waals surface area contributed by atoms with Crippen LogP contribution in [0.4, 0.5) is 13.2 Å². The Labute approximate surface area is 192 Å². The van der Waals surface area contributed by atoms with E-state index in [1.807, 2.05) is 56.5 Å². The average molecular weight is 479 g/mol. The van der Waals surface area contributed by atoms with E-state index < -0.39 is 33.6 Å². The molecule has 1 fully saturated rings. The van der Waals surface area contributed by atoms with E-state index in [0.29, 0.717) is 30.5 Å². The van der Waals surface area contributed by atoms with Crippen molar-refractivity contribution in [2.24, 2.45) is 5.41 Å². The summed E-state index contributed by atoms with van der Waals surface area (Å²) in [6, 6.07) is 8.59. The number of nitrogens with one attached hydrogen (secondary N) is 1. The second kappa shape index (κ2) is 8.47. The number of hydrogen-bond acceptors (Lipinski definition) is 2. The molecule has 0 saturated heterocycles. The summed E-state index contributed by atoms with van der Waals surface area (Å²) in [5.41, 5.74) is 2.50. The van der Waals surface area contributed by atoms with Crippen LogP contribution in [-0.2, 0) is 16.6 Å². The van der Waals surface area contributed by atoms with Gasteiger partial charge in [-0.3, -0.25) is 0 Å². The number of rotatable bonds is 7. The first kappa shape index (κ1) is 23.8. The summed E-state index contributed by atoms with van der Waals surface area (Å²) < 4.78 is 72.6. The lowest BCUT2D eigenvalue weighted by atomic mass is 9.96. The molecule has 0 bridgehead atoms. The second-order valence-electron chi connectivity index (χ2n) is 10.1. The van der Waals surface area contributed by atoms with Crippen molar-refractivity contribution >= 4 is 20.9 Å². The van der Waals surface area contributed by atoms with E-state index in [-0.39, 0.29) is 16.4 Å².